The average Bonchev–Trinajstić information content (AvgIpc) is 2.71. The summed E-state index contributed by atoms with van der Waals surface area (Å²) in [6.45, 7) is 5.94. The summed E-state index contributed by atoms with van der Waals surface area (Å²) >= 11 is 6.05. The molecular formula is C25H28ClFNO+. The minimum atomic E-state index is -0.208. The fraction of sp³-hybridized carbons (Fsp3) is 0.280. The van der Waals surface area contributed by atoms with E-state index in [0.717, 1.165) is 35.8 Å². The summed E-state index contributed by atoms with van der Waals surface area (Å²) in [6.07, 6.45) is 1.14. The number of hydrogen-bond donors (Lipinski definition) is 1. The first-order chi connectivity index (χ1) is 14.0. The second kappa shape index (κ2) is 10.4. The molecule has 3 aromatic carbocycles. The predicted molar refractivity (Wildman–Crippen MR) is 117 cm³/mol. The normalized spacial score (nSPS) is 12.2. The van der Waals surface area contributed by atoms with Crippen LogP contribution in [0, 0.1) is 5.82 Å². The lowest BCUT2D eigenvalue weighted by Crippen LogP contribution is -2.82. The molecule has 0 aliphatic carbocycles. The van der Waals surface area contributed by atoms with Crippen LogP contribution in [0.1, 0.15) is 42.9 Å². The van der Waals surface area contributed by atoms with Crippen LogP contribution in [0.5, 0.6) is 5.75 Å². The van der Waals surface area contributed by atoms with Crippen molar-refractivity contribution in [3.8, 4) is 5.75 Å². The van der Waals surface area contributed by atoms with Crippen molar-refractivity contribution < 1.29 is 14.4 Å². The standard InChI is InChI=1S/C25H27ClFNO/c1-18(2)29-24-13-3-19(4-14-24)17-28-16-15-25(20-5-9-22(26)10-6-20)21-7-11-23(27)12-8-21/h3-14,18,25,28H,15-17H2,1-2H3/p+1/t25-/m0/s1. The third-order valence-corrected chi connectivity index (χ3v) is 5.13. The highest BCUT2D eigenvalue weighted by molar-refractivity contribution is 6.30. The van der Waals surface area contributed by atoms with E-state index in [4.69, 9.17) is 16.3 Å². The van der Waals surface area contributed by atoms with Gasteiger partial charge >= 0.3 is 0 Å². The molecule has 0 amide bonds. The van der Waals surface area contributed by atoms with Crippen molar-refractivity contribution in [2.45, 2.75) is 38.8 Å². The lowest BCUT2D eigenvalue weighted by atomic mass is 9.88. The molecule has 0 radical (unpaired) electrons. The second-order valence-electron chi connectivity index (χ2n) is 7.54. The molecule has 0 saturated carbocycles. The van der Waals surface area contributed by atoms with Crippen molar-refractivity contribution in [1.82, 2.24) is 0 Å². The number of hydrogen-bond acceptors (Lipinski definition) is 1. The Labute approximate surface area is 177 Å². The molecule has 0 heterocycles. The molecule has 0 aliphatic heterocycles. The van der Waals surface area contributed by atoms with Crippen LogP contribution in [0.3, 0.4) is 0 Å². The molecule has 1 atom stereocenters. The van der Waals surface area contributed by atoms with Crippen molar-refractivity contribution in [2.75, 3.05) is 6.54 Å². The van der Waals surface area contributed by atoms with Crippen LogP contribution in [0.2, 0.25) is 5.02 Å². The van der Waals surface area contributed by atoms with E-state index in [0.29, 0.717) is 0 Å². The second-order valence-corrected chi connectivity index (χ2v) is 7.97. The summed E-state index contributed by atoms with van der Waals surface area (Å²) < 4.78 is 19.1. The highest BCUT2D eigenvalue weighted by Gasteiger charge is 2.15. The van der Waals surface area contributed by atoms with Crippen LogP contribution in [0.15, 0.2) is 72.8 Å². The molecule has 0 bridgehead atoms. The lowest BCUT2D eigenvalue weighted by Gasteiger charge is -2.18. The molecule has 0 fully saturated rings. The zero-order valence-corrected chi connectivity index (χ0v) is 17.7. The van der Waals surface area contributed by atoms with Gasteiger partial charge in [0.2, 0.25) is 0 Å². The maximum absolute atomic E-state index is 13.4. The lowest BCUT2D eigenvalue weighted by molar-refractivity contribution is -0.671. The van der Waals surface area contributed by atoms with Gasteiger partial charge in [0, 0.05) is 22.9 Å². The van der Waals surface area contributed by atoms with Gasteiger partial charge in [-0.05, 0) is 73.5 Å². The highest BCUT2D eigenvalue weighted by Crippen LogP contribution is 2.28. The quantitative estimate of drug-likeness (QED) is 0.458. The van der Waals surface area contributed by atoms with E-state index in [1.165, 1.54) is 23.3 Å². The van der Waals surface area contributed by atoms with E-state index in [9.17, 15) is 4.39 Å². The Morgan fingerprint density at radius 2 is 1.45 bits per heavy atom. The van der Waals surface area contributed by atoms with Gasteiger partial charge in [0.25, 0.3) is 0 Å². The first-order valence-electron chi connectivity index (χ1n) is 10.1. The molecule has 152 valence electrons. The van der Waals surface area contributed by atoms with Gasteiger partial charge in [0.1, 0.15) is 18.1 Å². The van der Waals surface area contributed by atoms with Gasteiger partial charge in [0.15, 0.2) is 0 Å². The number of benzene rings is 3. The van der Waals surface area contributed by atoms with E-state index in [2.05, 4.69) is 29.6 Å². The van der Waals surface area contributed by atoms with Gasteiger partial charge in [-0.3, -0.25) is 0 Å². The molecular weight excluding hydrogens is 385 g/mol. The summed E-state index contributed by atoms with van der Waals surface area (Å²) in [4.78, 5) is 0. The molecule has 3 rings (SSSR count). The van der Waals surface area contributed by atoms with Gasteiger partial charge in [-0.15, -0.1) is 0 Å². The Bertz CT molecular complexity index is 831. The minimum absolute atomic E-state index is 0.184. The van der Waals surface area contributed by atoms with Crippen LogP contribution in [-0.4, -0.2) is 12.6 Å². The number of rotatable bonds is 9. The Hall–Kier alpha value is -2.36. The Morgan fingerprint density at radius 1 is 0.862 bits per heavy atom. The molecule has 4 heteroatoms. The number of ether oxygens (including phenoxy) is 1. The fourth-order valence-corrected chi connectivity index (χ4v) is 3.57. The van der Waals surface area contributed by atoms with Crippen molar-refractivity contribution in [1.29, 1.82) is 0 Å². The minimum Gasteiger partial charge on any atom is -0.491 e. The average molecular weight is 413 g/mol. The zero-order valence-electron chi connectivity index (χ0n) is 16.9. The van der Waals surface area contributed by atoms with E-state index < -0.39 is 0 Å². The van der Waals surface area contributed by atoms with Crippen LogP contribution in [0.4, 0.5) is 4.39 Å². The first kappa shape index (κ1) is 21.4. The molecule has 2 nitrogen and oxygen atoms in total. The third-order valence-electron chi connectivity index (χ3n) is 4.88. The van der Waals surface area contributed by atoms with Gasteiger partial charge in [-0.1, -0.05) is 35.9 Å². The van der Waals surface area contributed by atoms with Crippen molar-refractivity contribution >= 4 is 11.6 Å². The molecule has 0 aromatic heterocycles. The fourth-order valence-electron chi connectivity index (χ4n) is 3.45. The molecule has 0 aliphatic rings. The number of nitrogens with two attached hydrogens (primary N) is 1. The SMILES string of the molecule is CC(C)Oc1ccc(C[NH2+]CC[C@H](c2ccc(F)cc2)c2ccc(Cl)cc2)cc1. The third kappa shape index (κ3) is 6.59. The largest absolute Gasteiger partial charge is 0.491 e. The van der Waals surface area contributed by atoms with Crippen LogP contribution < -0.4 is 10.1 Å². The summed E-state index contributed by atoms with van der Waals surface area (Å²) in [5.41, 5.74) is 3.59. The topological polar surface area (TPSA) is 25.8 Å². The molecule has 29 heavy (non-hydrogen) atoms. The monoisotopic (exact) mass is 412 g/mol. The first-order valence-corrected chi connectivity index (χ1v) is 10.5. The molecule has 3 aromatic rings. The van der Waals surface area contributed by atoms with Gasteiger partial charge in [0.05, 0.1) is 12.6 Å². The molecule has 0 unspecified atom stereocenters. The van der Waals surface area contributed by atoms with Crippen molar-refractivity contribution in [3.05, 3.63) is 100 Å². The van der Waals surface area contributed by atoms with Crippen molar-refractivity contribution in [3.63, 3.8) is 0 Å². The number of halogens is 2. The van der Waals surface area contributed by atoms with E-state index in [1.54, 1.807) is 0 Å². The summed E-state index contributed by atoms with van der Waals surface area (Å²) in [7, 11) is 0. The van der Waals surface area contributed by atoms with Crippen molar-refractivity contribution in [2.24, 2.45) is 0 Å². The van der Waals surface area contributed by atoms with Crippen LogP contribution in [0.25, 0.3) is 0 Å². The predicted octanol–water partition coefficient (Wildman–Crippen LogP) is 5.55. The highest BCUT2D eigenvalue weighted by atomic mass is 35.5. The van der Waals surface area contributed by atoms with E-state index >= 15 is 0 Å². The van der Waals surface area contributed by atoms with Crippen LogP contribution >= 0.6 is 11.6 Å². The van der Waals surface area contributed by atoms with Gasteiger partial charge < -0.3 is 10.1 Å². The summed E-state index contributed by atoms with van der Waals surface area (Å²) in [6, 6.07) is 23.0. The summed E-state index contributed by atoms with van der Waals surface area (Å²) in [5.74, 6) is 0.911. The smallest absolute Gasteiger partial charge is 0.123 e. The maximum atomic E-state index is 13.4. The molecule has 0 saturated heterocycles. The number of quaternary nitrogens is 1. The van der Waals surface area contributed by atoms with Gasteiger partial charge in [-0.2, -0.15) is 0 Å². The molecule has 2 N–H and O–H groups in total. The Morgan fingerprint density at radius 3 is 2.03 bits per heavy atom. The summed E-state index contributed by atoms with van der Waals surface area (Å²) in [5, 5.41) is 3.04. The molecule has 0 spiro atoms. The Kier molecular flexibility index (Phi) is 7.68. The zero-order chi connectivity index (χ0) is 20.6. The van der Waals surface area contributed by atoms with E-state index in [-0.39, 0.29) is 17.8 Å². The van der Waals surface area contributed by atoms with Gasteiger partial charge in [-0.25, -0.2) is 4.39 Å². The Balaban J connectivity index is 1.60. The van der Waals surface area contributed by atoms with E-state index in [1.807, 2.05) is 50.2 Å². The maximum Gasteiger partial charge on any atom is 0.123 e. The van der Waals surface area contributed by atoms with Crippen LogP contribution in [-0.2, 0) is 6.54 Å².